The van der Waals surface area contributed by atoms with Crippen LogP contribution in [-0.4, -0.2) is 85.5 Å². The molecule has 1 amide bonds. The standard InChI is InChI=1S/C21H32ClN5O.HI/c1-17(20(28)26-10-3-4-11-26)25-12-14-27(15-13-25)21(23-2)24-9-8-18-6-5-7-19(22)16-18;/h5-7,16-17H,3-4,8-15H2,1-2H3,(H,23,24);1H. The monoisotopic (exact) mass is 533 g/mol. The van der Waals surface area contributed by atoms with Gasteiger partial charge in [0.2, 0.25) is 5.91 Å². The molecule has 2 fully saturated rings. The fourth-order valence-electron chi connectivity index (χ4n) is 4.02. The van der Waals surface area contributed by atoms with Gasteiger partial charge < -0.3 is 15.1 Å². The topological polar surface area (TPSA) is 51.2 Å². The Kier molecular flexibility index (Phi) is 9.98. The van der Waals surface area contributed by atoms with Crippen molar-refractivity contribution in [1.82, 2.24) is 20.0 Å². The first kappa shape index (κ1) is 24.2. The normalized spacial score (nSPS) is 19.1. The summed E-state index contributed by atoms with van der Waals surface area (Å²) in [6, 6.07) is 7.94. The SMILES string of the molecule is CN=C(NCCc1cccc(Cl)c1)N1CCN(C(C)C(=O)N2CCCC2)CC1.I. The van der Waals surface area contributed by atoms with Crippen molar-refractivity contribution in [3.05, 3.63) is 34.9 Å². The van der Waals surface area contributed by atoms with Gasteiger partial charge >= 0.3 is 0 Å². The van der Waals surface area contributed by atoms with Crippen LogP contribution in [0.1, 0.15) is 25.3 Å². The van der Waals surface area contributed by atoms with E-state index in [0.717, 1.165) is 76.1 Å². The van der Waals surface area contributed by atoms with E-state index in [4.69, 9.17) is 11.6 Å². The molecule has 1 atom stereocenters. The number of likely N-dealkylation sites (tertiary alicyclic amines) is 1. The van der Waals surface area contributed by atoms with E-state index in [0.29, 0.717) is 0 Å². The number of hydrogen-bond acceptors (Lipinski definition) is 3. The van der Waals surface area contributed by atoms with Crippen LogP contribution in [0.5, 0.6) is 0 Å². The van der Waals surface area contributed by atoms with Crippen LogP contribution in [0.2, 0.25) is 5.02 Å². The second kappa shape index (κ2) is 12.0. The number of benzene rings is 1. The summed E-state index contributed by atoms with van der Waals surface area (Å²) in [6.07, 6.45) is 3.19. The minimum absolute atomic E-state index is 0. The van der Waals surface area contributed by atoms with Crippen molar-refractivity contribution in [1.29, 1.82) is 0 Å². The van der Waals surface area contributed by atoms with Crippen molar-refractivity contribution in [2.45, 2.75) is 32.2 Å². The predicted molar refractivity (Wildman–Crippen MR) is 130 cm³/mol. The number of guanidine groups is 1. The van der Waals surface area contributed by atoms with Crippen LogP contribution in [0.15, 0.2) is 29.3 Å². The lowest BCUT2D eigenvalue weighted by Gasteiger charge is -2.39. The molecule has 1 unspecified atom stereocenters. The van der Waals surface area contributed by atoms with Crippen molar-refractivity contribution in [2.24, 2.45) is 4.99 Å². The molecule has 0 aliphatic carbocycles. The van der Waals surface area contributed by atoms with E-state index < -0.39 is 0 Å². The summed E-state index contributed by atoms with van der Waals surface area (Å²) in [5, 5.41) is 4.23. The number of piperazine rings is 1. The molecule has 1 N–H and O–H groups in total. The Balaban J connectivity index is 0.00000300. The van der Waals surface area contributed by atoms with Crippen LogP contribution in [-0.2, 0) is 11.2 Å². The van der Waals surface area contributed by atoms with Gasteiger partial charge in [-0.1, -0.05) is 23.7 Å². The van der Waals surface area contributed by atoms with Gasteiger partial charge in [-0.2, -0.15) is 0 Å². The van der Waals surface area contributed by atoms with Crippen LogP contribution < -0.4 is 5.32 Å². The summed E-state index contributed by atoms with van der Waals surface area (Å²) in [5.41, 5.74) is 1.22. The molecule has 0 spiro atoms. The Bertz CT molecular complexity index is 687. The van der Waals surface area contributed by atoms with Crippen molar-refractivity contribution < 1.29 is 4.79 Å². The third-order valence-electron chi connectivity index (χ3n) is 5.73. The van der Waals surface area contributed by atoms with E-state index in [9.17, 15) is 4.79 Å². The highest BCUT2D eigenvalue weighted by Crippen LogP contribution is 2.14. The molecule has 2 saturated heterocycles. The van der Waals surface area contributed by atoms with E-state index in [1.54, 1.807) is 0 Å². The largest absolute Gasteiger partial charge is 0.356 e. The fourth-order valence-corrected chi connectivity index (χ4v) is 4.24. The molecule has 1 aromatic carbocycles. The third kappa shape index (κ3) is 6.72. The molecular weight excluding hydrogens is 501 g/mol. The molecule has 29 heavy (non-hydrogen) atoms. The van der Waals surface area contributed by atoms with Gasteiger partial charge in [-0.3, -0.25) is 14.7 Å². The molecule has 3 rings (SSSR count). The summed E-state index contributed by atoms with van der Waals surface area (Å²) in [5.74, 6) is 1.22. The number of amides is 1. The van der Waals surface area contributed by atoms with E-state index in [1.165, 1.54) is 5.56 Å². The first-order chi connectivity index (χ1) is 13.6. The maximum absolute atomic E-state index is 12.6. The number of nitrogens with zero attached hydrogens (tertiary/aromatic N) is 4. The van der Waals surface area contributed by atoms with Crippen LogP contribution in [0, 0.1) is 0 Å². The maximum atomic E-state index is 12.6. The Hall–Kier alpha value is -1.06. The Labute approximate surface area is 196 Å². The average Bonchev–Trinajstić information content (AvgIpc) is 3.25. The number of carbonyl (C=O) groups excluding carboxylic acids is 1. The van der Waals surface area contributed by atoms with Gasteiger partial charge in [-0.15, -0.1) is 24.0 Å². The summed E-state index contributed by atoms with van der Waals surface area (Å²) in [6.45, 7) is 8.25. The van der Waals surface area contributed by atoms with Crippen LogP contribution in [0.3, 0.4) is 0 Å². The van der Waals surface area contributed by atoms with E-state index >= 15 is 0 Å². The average molecular weight is 534 g/mol. The maximum Gasteiger partial charge on any atom is 0.239 e. The molecule has 8 heteroatoms. The lowest BCUT2D eigenvalue weighted by Crippen LogP contribution is -2.57. The zero-order chi connectivity index (χ0) is 19.9. The molecule has 1 aromatic rings. The molecule has 2 aliphatic heterocycles. The van der Waals surface area contributed by atoms with E-state index in [-0.39, 0.29) is 35.9 Å². The van der Waals surface area contributed by atoms with Gasteiger partial charge in [0.1, 0.15) is 0 Å². The molecule has 2 heterocycles. The zero-order valence-corrected chi connectivity index (χ0v) is 20.5. The fraction of sp³-hybridized carbons (Fsp3) is 0.619. The minimum atomic E-state index is -0.0296. The molecular formula is C21H33ClIN5O. The predicted octanol–water partition coefficient (Wildman–Crippen LogP) is 2.70. The Morgan fingerprint density at radius 3 is 2.45 bits per heavy atom. The second-order valence-electron chi connectivity index (χ2n) is 7.59. The molecule has 0 bridgehead atoms. The van der Waals surface area contributed by atoms with Gasteiger partial charge in [-0.25, -0.2) is 0 Å². The summed E-state index contributed by atoms with van der Waals surface area (Å²) >= 11 is 6.05. The van der Waals surface area contributed by atoms with Gasteiger partial charge in [0.05, 0.1) is 6.04 Å². The smallest absolute Gasteiger partial charge is 0.239 e. The summed E-state index contributed by atoms with van der Waals surface area (Å²) < 4.78 is 0. The molecule has 6 nitrogen and oxygen atoms in total. The number of hydrogen-bond donors (Lipinski definition) is 1. The van der Waals surface area contributed by atoms with E-state index in [2.05, 4.69) is 26.2 Å². The van der Waals surface area contributed by atoms with Gasteiger partial charge in [0, 0.05) is 57.9 Å². The number of halogens is 2. The van der Waals surface area contributed by atoms with Crippen molar-refractivity contribution >= 4 is 47.4 Å². The molecule has 0 radical (unpaired) electrons. The zero-order valence-electron chi connectivity index (χ0n) is 17.4. The number of nitrogens with one attached hydrogen (secondary N) is 1. The second-order valence-corrected chi connectivity index (χ2v) is 8.02. The van der Waals surface area contributed by atoms with E-state index in [1.807, 2.05) is 37.1 Å². The van der Waals surface area contributed by atoms with Gasteiger partial charge in [-0.05, 0) is 43.9 Å². The number of rotatable bonds is 5. The van der Waals surface area contributed by atoms with Gasteiger partial charge in [0.15, 0.2) is 5.96 Å². The third-order valence-corrected chi connectivity index (χ3v) is 5.97. The highest BCUT2D eigenvalue weighted by Gasteiger charge is 2.30. The molecule has 0 aromatic heterocycles. The first-order valence-electron chi connectivity index (χ1n) is 10.3. The van der Waals surface area contributed by atoms with Crippen LogP contribution >= 0.6 is 35.6 Å². The highest BCUT2D eigenvalue weighted by atomic mass is 127. The number of carbonyl (C=O) groups is 1. The first-order valence-corrected chi connectivity index (χ1v) is 10.7. The van der Waals surface area contributed by atoms with Crippen molar-refractivity contribution in [2.75, 3.05) is 52.9 Å². The summed E-state index contributed by atoms with van der Waals surface area (Å²) in [4.78, 5) is 23.7. The summed E-state index contributed by atoms with van der Waals surface area (Å²) in [7, 11) is 1.83. The highest BCUT2D eigenvalue weighted by molar-refractivity contribution is 14.0. The van der Waals surface area contributed by atoms with Crippen LogP contribution in [0.4, 0.5) is 0 Å². The minimum Gasteiger partial charge on any atom is -0.356 e. The van der Waals surface area contributed by atoms with Crippen molar-refractivity contribution in [3.63, 3.8) is 0 Å². The number of aliphatic imine (C=N–C) groups is 1. The molecule has 0 saturated carbocycles. The van der Waals surface area contributed by atoms with Gasteiger partial charge in [0.25, 0.3) is 0 Å². The Morgan fingerprint density at radius 2 is 1.83 bits per heavy atom. The Morgan fingerprint density at radius 1 is 1.14 bits per heavy atom. The van der Waals surface area contributed by atoms with Crippen molar-refractivity contribution in [3.8, 4) is 0 Å². The quantitative estimate of drug-likeness (QED) is 0.359. The molecule has 162 valence electrons. The lowest BCUT2D eigenvalue weighted by atomic mass is 10.1. The molecule has 2 aliphatic rings. The lowest BCUT2D eigenvalue weighted by molar-refractivity contribution is -0.135. The van der Waals surface area contributed by atoms with Crippen LogP contribution in [0.25, 0.3) is 0 Å².